The third-order valence-corrected chi connectivity index (χ3v) is 3.84. The summed E-state index contributed by atoms with van der Waals surface area (Å²) in [5.74, 6) is 0.465. The molecule has 2 aromatic carbocycles. The molecular weight excluding hydrogens is 262 g/mol. The van der Waals surface area contributed by atoms with Crippen LogP contribution in [0.5, 0.6) is 0 Å². The molecule has 1 N–H and O–H groups in total. The van der Waals surface area contributed by atoms with Gasteiger partial charge in [0.2, 0.25) is 0 Å². The maximum atomic E-state index is 3.63. The first kappa shape index (κ1) is 9.91. The van der Waals surface area contributed by atoms with Crippen LogP contribution in [0, 0.1) is 0 Å². The van der Waals surface area contributed by atoms with Gasteiger partial charge in [-0.15, -0.1) is 0 Å². The van der Waals surface area contributed by atoms with Gasteiger partial charge in [-0.3, -0.25) is 0 Å². The van der Waals surface area contributed by atoms with Crippen molar-refractivity contribution in [3.8, 4) is 0 Å². The average molecular weight is 274 g/mol. The second-order valence-electron chi connectivity index (χ2n) is 4.04. The Hall–Kier alpha value is -1.28. The Balaban J connectivity index is 2.08. The van der Waals surface area contributed by atoms with Gasteiger partial charge in [0.05, 0.1) is 0 Å². The lowest BCUT2D eigenvalue weighted by atomic mass is 9.93. The highest BCUT2D eigenvalue weighted by molar-refractivity contribution is 9.10. The summed E-state index contributed by atoms with van der Waals surface area (Å²) in [7, 11) is 0. The molecule has 0 spiro atoms. The molecule has 0 amide bonds. The maximum absolute atomic E-state index is 3.63. The van der Waals surface area contributed by atoms with Crippen LogP contribution in [-0.2, 0) is 0 Å². The quantitative estimate of drug-likeness (QED) is 0.828. The molecule has 1 nitrogen and oxygen atoms in total. The summed E-state index contributed by atoms with van der Waals surface area (Å²) in [4.78, 5) is 0. The number of halogens is 1. The molecule has 0 saturated carbocycles. The van der Waals surface area contributed by atoms with E-state index in [4.69, 9.17) is 0 Å². The van der Waals surface area contributed by atoms with Crippen LogP contribution < -0.4 is 5.32 Å². The second kappa shape index (κ2) is 3.95. The molecule has 2 heteroatoms. The van der Waals surface area contributed by atoms with Gasteiger partial charge >= 0.3 is 0 Å². The summed E-state index contributed by atoms with van der Waals surface area (Å²) < 4.78 is 1.19. The van der Waals surface area contributed by atoms with Crippen LogP contribution in [0.25, 0.3) is 0 Å². The smallest absolute Gasteiger partial charge is 0.0379 e. The topological polar surface area (TPSA) is 12.0 Å². The lowest BCUT2D eigenvalue weighted by molar-refractivity contribution is 0.901. The SMILES string of the molecule is Brc1ccccc1C1CNc2ccccc21. The molecule has 0 fully saturated rings. The molecule has 1 atom stereocenters. The zero-order valence-corrected chi connectivity index (χ0v) is 10.4. The number of nitrogens with one attached hydrogen (secondary N) is 1. The molecule has 0 radical (unpaired) electrons. The van der Waals surface area contributed by atoms with Crippen LogP contribution in [0.15, 0.2) is 53.0 Å². The summed E-state index contributed by atoms with van der Waals surface area (Å²) in [5, 5.41) is 3.46. The van der Waals surface area contributed by atoms with Crippen molar-refractivity contribution in [2.45, 2.75) is 5.92 Å². The Morgan fingerprint density at radius 2 is 1.62 bits per heavy atom. The molecule has 1 aliphatic rings. The molecule has 2 aromatic rings. The van der Waals surface area contributed by atoms with E-state index in [0.29, 0.717) is 5.92 Å². The Bertz CT molecular complexity index is 522. The van der Waals surface area contributed by atoms with Crippen molar-refractivity contribution in [1.29, 1.82) is 0 Å². The number of hydrogen-bond acceptors (Lipinski definition) is 1. The van der Waals surface area contributed by atoms with Crippen molar-refractivity contribution in [2.75, 3.05) is 11.9 Å². The van der Waals surface area contributed by atoms with Gasteiger partial charge in [-0.05, 0) is 23.3 Å². The summed E-state index contributed by atoms with van der Waals surface area (Å²) in [6, 6.07) is 17.0. The van der Waals surface area contributed by atoms with Gasteiger partial charge in [0, 0.05) is 22.6 Å². The third-order valence-electron chi connectivity index (χ3n) is 3.11. The largest absolute Gasteiger partial charge is 0.384 e. The summed E-state index contributed by atoms with van der Waals surface area (Å²) in [5.41, 5.74) is 4.03. The van der Waals surface area contributed by atoms with E-state index in [9.17, 15) is 0 Å². The number of benzene rings is 2. The van der Waals surface area contributed by atoms with Gasteiger partial charge in [0.1, 0.15) is 0 Å². The molecule has 0 aromatic heterocycles. The van der Waals surface area contributed by atoms with Gasteiger partial charge in [-0.1, -0.05) is 52.3 Å². The molecule has 0 aliphatic carbocycles. The minimum Gasteiger partial charge on any atom is -0.384 e. The van der Waals surface area contributed by atoms with E-state index < -0.39 is 0 Å². The van der Waals surface area contributed by atoms with Crippen molar-refractivity contribution < 1.29 is 0 Å². The van der Waals surface area contributed by atoms with Gasteiger partial charge in [-0.25, -0.2) is 0 Å². The summed E-state index contributed by atoms with van der Waals surface area (Å²) in [6.45, 7) is 0.988. The highest BCUT2D eigenvalue weighted by atomic mass is 79.9. The zero-order valence-electron chi connectivity index (χ0n) is 8.78. The molecule has 1 heterocycles. The monoisotopic (exact) mass is 273 g/mol. The zero-order chi connectivity index (χ0) is 11.0. The van der Waals surface area contributed by atoms with E-state index in [2.05, 4.69) is 69.8 Å². The van der Waals surface area contributed by atoms with Crippen molar-refractivity contribution in [1.82, 2.24) is 0 Å². The first-order valence-corrected chi connectivity index (χ1v) is 6.23. The van der Waals surface area contributed by atoms with Gasteiger partial charge in [-0.2, -0.15) is 0 Å². The minimum atomic E-state index is 0.465. The lowest BCUT2D eigenvalue weighted by Gasteiger charge is -2.12. The molecule has 1 unspecified atom stereocenters. The van der Waals surface area contributed by atoms with E-state index >= 15 is 0 Å². The highest BCUT2D eigenvalue weighted by Crippen LogP contribution is 2.38. The fourth-order valence-corrected chi connectivity index (χ4v) is 2.88. The Kier molecular flexibility index (Phi) is 2.44. The molecule has 16 heavy (non-hydrogen) atoms. The first-order valence-electron chi connectivity index (χ1n) is 5.43. The molecule has 3 rings (SSSR count). The van der Waals surface area contributed by atoms with Crippen LogP contribution in [-0.4, -0.2) is 6.54 Å². The minimum absolute atomic E-state index is 0.465. The Labute approximate surface area is 104 Å². The van der Waals surface area contributed by atoms with Gasteiger partial charge in [0.25, 0.3) is 0 Å². The van der Waals surface area contributed by atoms with Crippen molar-refractivity contribution in [2.24, 2.45) is 0 Å². The van der Waals surface area contributed by atoms with E-state index in [1.165, 1.54) is 21.3 Å². The van der Waals surface area contributed by atoms with Crippen LogP contribution in [0.3, 0.4) is 0 Å². The molecular formula is C14H12BrN. The summed E-state index contributed by atoms with van der Waals surface area (Å²) in [6.07, 6.45) is 0. The first-order chi connectivity index (χ1) is 7.86. The van der Waals surface area contributed by atoms with Gasteiger partial charge < -0.3 is 5.32 Å². The number of fused-ring (bicyclic) bond motifs is 1. The number of hydrogen-bond donors (Lipinski definition) is 1. The van der Waals surface area contributed by atoms with E-state index in [-0.39, 0.29) is 0 Å². The second-order valence-corrected chi connectivity index (χ2v) is 4.90. The van der Waals surface area contributed by atoms with Crippen LogP contribution >= 0.6 is 15.9 Å². The predicted molar refractivity (Wildman–Crippen MR) is 70.9 cm³/mol. The number of anilines is 1. The maximum Gasteiger partial charge on any atom is 0.0379 e. The van der Waals surface area contributed by atoms with Gasteiger partial charge in [0.15, 0.2) is 0 Å². The van der Waals surface area contributed by atoms with Crippen molar-refractivity contribution >= 4 is 21.6 Å². The average Bonchev–Trinajstić information content (AvgIpc) is 2.74. The standard InChI is InChI=1S/C14H12BrN/c15-13-7-3-1-5-10(13)12-9-16-14-8-4-2-6-11(12)14/h1-8,12,16H,9H2. The van der Waals surface area contributed by atoms with E-state index in [0.717, 1.165) is 6.54 Å². The third kappa shape index (κ3) is 1.54. The van der Waals surface area contributed by atoms with Crippen LogP contribution in [0.4, 0.5) is 5.69 Å². The normalized spacial score (nSPS) is 17.9. The molecule has 0 saturated heterocycles. The fraction of sp³-hybridized carbons (Fsp3) is 0.143. The highest BCUT2D eigenvalue weighted by Gasteiger charge is 2.24. The number of para-hydroxylation sites is 1. The lowest BCUT2D eigenvalue weighted by Crippen LogP contribution is -2.04. The Morgan fingerprint density at radius 1 is 0.938 bits per heavy atom. The molecule has 0 bridgehead atoms. The van der Waals surface area contributed by atoms with Crippen molar-refractivity contribution in [3.05, 3.63) is 64.1 Å². The Morgan fingerprint density at radius 3 is 2.44 bits per heavy atom. The van der Waals surface area contributed by atoms with Crippen molar-refractivity contribution in [3.63, 3.8) is 0 Å². The molecule has 80 valence electrons. The fourth-order valence-electron chi connectivity index (χ4n) is 2.32. The molecule has 1 aliphatic heterocycles. The van der Waals surface area contributed by atoms with E-state index in [1.54, 1.807) is 0 Å². The van der Waals surface area contributed by atoms with Crippen LogP contribution in [0.2, 0.25) is 0 Å². The van der Waals surface area contributed by atoms with Crippen LogP contribution in [0.1, 0.15) is 17.0 Å². The van der Waals surface area contributed by atoms with E-state index in [1.807, 2.05) is 0 Å². The summed E-state index contributed by atoms with van der Waals surface area (Å²) >= 11 is 3.63. The number of rotatable bonds is 1. The predicted octanol–water partition coefficient (Wildman–Crippen LogP) is 4.01.